The number of carbonyl (C=O) groups excluding carboxylic acids is 2. The summed E-state index contributed by atoms with van der Waals surface area (Å²) in [5, 5.41) is 23.2. The lowest BCUT2D eigenvalue weighted by Crippen LogP contribution is -2.45. The van der Waals surface area contributed by atoms with Gasteiger partial charge >= 0.3 is 5.97 Å². The van der Waals surface area contributed by atoms with Crippen molar-refractivity contribution in [2.45, 2.75) is 328 Å². The third-order valence-electron chi connectivity index (χ3n) is 13.3. The SMILES string of the molecule is CCCCCCCCCCCCCCCCCCC(=O)OCCCCCCCCCC/C=C\CCCCCCCCCC(=O)NC(CO)C(O)CCCCCCCCCCCCC. The molecule has 0 saturated carbocycles. The first-order valence-corrected chi connectivity index (χ1v) is 28.4. The molecule has 0 aliphatic carbocycles. The number of rotatable bonds is 53. The van der Waals surface area contributed by atoms with Crippen LogP contribution in [0, 0.1) is 0 Å². The van der Waals surface area contributed by atoms with Crippen LogP contribution in [0.5, 0.6) is 0 Å². The summed E-state index contributed by atoms with van der Waals surface area (Å²) in [4.78, 5) is 24.5. The number of hydrogen-bond donors (Lipinski definition) is 3. The number of aliphatic hydroxyl groups is 2. The van der Waals surface area contributed by atoms with Gasteiger partial charge in [-0.1, -0.05) is 264 Å². The van der Waals surface area contributed by atoms with Gasteiger partial charge in [-0.25, -0.2) is 0 Å². The summed E-state index contributed by atoms with van der Waals surface area (Å²) in [5.74, 6) is -0.0370. The van der Waals surface area contributed by atoms with E-state index in [1.807, 2.05) is 0 Å². The van der Waals surface area contributed by atoms with Gasteiger partial charge in [-0.2, -0.15) is 0 Å². The summed E-state index contributed by atoms with van der Waals surface area (Å²) in [6.45, 7) is 4.95. The number of allylic oxidation sites excluding steroid dienone is 2. The molecular weight excluding hydrogens is 779 g/mol. The summed E-state index contributed by atoms with van der Waals surface area (Å²) in [6.07, 6.45) is 62.0. The highest BCUT2D eigenvalue weighted by Gasteiger charge is 2.20. The summed E-state index contributed by atoms with van der Waals surface area (Å²) >= 11 is 0. The molecule has 374 valence electrons. The predicted octanol–water partition coefficient (Wildman–Crippen LogP) is 17.3. The Morgan fingerprint density at radius 2 is 0.746 bits per heavy atom. The van der Waals surface area contributed by atoms with Crippen molar-refractivity contribution >= 4 is 11.9 Å². The largest absolute Gasteiger partial charge is 0.466 e. The lowest BCUT2D eigenvalue weighted by atomic mass is 10.0. The Balaban J connectivity index is 3.40. The monoisotopic (exact) mass is 890 g/mol. The average Bonchev–Trinajstić information content (AvgIpc) is 3.28. The van der Waals surface area contributed by atoms with Gasteiger partial charge in [-0.15, -0.1) is 0 Å². The molecule has 2 unspecified atom stereocenters. The minimum absolute atomic E-state index is 0.00767. The van der Waals surface area contributed by atoms with E-state index in [1.165, 1.54) is 244 Å². The van der Waals surface area contributed by atoms with Crippen LogP contribution in [0.1, 0.15) is 316 Å². The van der Waals surface area contributed by atoms with Crippen molar-refractivity contribution in [2.24, 2.45) is 0 Å². The molecular formula is C57H111NO5. The molecule has 0 aromatic carbocycles. The third-order valence-corrected chi connectivity index (χ3v) is 13.3. The fraction of sp³-hybridized carbons (Fsp3) is 0.930. The molecule has 6 heteroatoms. The van der Waals surface area contributed by atoms with Gasteiger partial charge in [0, 0.05) is 12.8 Å². The van der Waals surface area contributed by atoms with Gasteiger partial charge in [-0.05, 0) is 51.4 Å². The molecule has 0 fully saturated rings. The van der Waals surface area contributed by atoms with Crippen LogP contribution >= 0.6 is 0 Å². The first-order valence-electron chi connectivity index (χ1n) is 28.4. The lowest BCUT2D eigenvalue weighted by molar-refractivity contribution is -0.143. The number of unbranched alkanes of at least 4 members (excludes halogenated alkanes) is 40. The molecule has 0 aliphatic heterocycles. The minimum atomic E-state index is -0.668. The van der Waals surface area contributed by atoms with Crippen LogP contribution in [-0.2, 0) is 14.3 Å². The van der Waals surface area contributed by atoms with E-state index in [0.29, 0.717) is 25.9 Å². The highest BCUT2D eigenvalue weighted by molar-refractivity contribution is 5.76. The van der Waals surface area contributed by atoms with Gasteiger partial charge in [0.25, 0.3) is 0 Å². The molecule has 0 spiro atoms. The Kier molecular flexibility index (Phi) is 52.0. The smallest absolute Gasteiger partial charge is 0.305 e. The van der Waals surface area contributed by atoms with Crippen LogP contribution in [-0.4, -0.2) is 47.4 Å². The van der Waals surface area contributed by atoms with Crippen molar-refractivity contribution in [3.63, 3.8) is 0 Å². The van der Waals surface area contributed by atoms with E-state index in [2.05, 4.69) is 31.3 Å². The Morgan fingerprint density at radius 1 is 0.429 bits per heavy atom. The van der Waals surface area contributed by atoms with Crippen LogP contribution in [0.25, 0.3) is 0 Å². The molecule has 2 atom stereocenters. The van der Waals surface area contributed by atoms with Gasteiger partial charge < -0.3 is 20.3 Å². The van der Waals surface area contributed by atoms with E-state index < -0.39 is 12.1 Å². The van der Waals surface area contributed by atoms with E-state index in [-0.39, 0.29) is 18.5 Å². The first-order chi connectivity index (χ1) is 31.0. The van der Waals surface area contributed by atoms with E-state index >= 15 is 0 Å². The summed E-state index contributed by atoms with van der Waals surface area (Å²) in [6, 6.07) is -0.546. The topological polar surface area (TPSA) is 95.9 Å². The van der Waals surface area contributed by atoms with Crippen LogP contribution in [0.2, 0.25) is 0 Å². The Morgan fingerprint density at radius 3 is 1.13 bits per heavy atom. The number of hydrogen-bond acceptors (Lipinski definition) is 5. The molecule has 63 heavy (non-hydrogen) atoms. The molecule has 0 aliphatic rings. The second kappa shape index (κ2) is 53.2. The van der Waals surface area contributed by atoms with Gasteiger partial charge in [0.2, 0.25) is 5.91 Å². The molecule has 0 aromatic heterocycles. The number of ether oxygens (including phenoxy) is 1. The van der Waals surface area contributed by atoms with Gasteiger partial charge in [0.1, 0.15) is 0 Å². The van der Waals surface area contributed by atoms with Crippen LogP contribution in [0.3, 0.4) is 0 Å². The molecule has 0 saturated heterocycles. The van der Waals surface area contributed by atoms with E-state index in [9.17, 15) is 19.8 Å². The summed E-state index contributed by atoms with van der Waals surface area (Å²) < 4.78 is 5.48. The highest BCUT2D eigenvalue weighted by atomic mass is 16.5. The normalized spacial score (nSPS) is 12.6. The van der Waals surface area contributed by atoms with Crippen LogP contribution in [0.4, 0.5) is 0 Å². The Bertz CT molecular complexity index is 939. The van der Waals surface area contributed by atoms with Gasteiger partial charge in [-0.3, -0.25) is 9.59 Å². The quantitative estimate of drug-likeness (QED) is 0.0321. The fourth-order valence-corrected chi connectivity index (χ4v) is 8.93. The van der Waals surface area contributed by atoms with Gasteiger partial charge in [0.05, 0.1) is 25.4 Å². The predicted molar refractivity (Wildman–Crippen MR) is 273 cm³/mol. The standard InChI is InChI=1S/C57H111NO5/c1-3-5-7-9-11-13-15-16-17-24-27-31-35-39-43-47-51-57(62)63-52-48-44-40-36-32-28-25-22-20-18-19-21-23-26-30-34-38-42-46-50-56(61)58-54(53-59)55(60)49-45-41-37-33-29-14-12-10-8-6-4-2/h18-19,54-55,59-60H,3-17,20-53H2,1-2H3,(H,58,61)/b19-18-. The number of carbonyl (C=O) groups is 2. The summed E-state index contributed by atoms with van der Waals surface area (Å²) in [7, 11) is 0. The van der Waals surface area contributed by atoms with Crippen LogP contribution < -0.4 is 5.32 Å². The maximum atomic E-state index is 12.4. The molecule has 3 N–H and O–H groups in total. The zero-order valence-corrected chi connectivity index (χ0v) is 42.6. The van der Waals surface area contributed by atoms with Crippen molar-refractivity contribution in [3.8, 4) is 0 Å². The van der Waals surface area contributed by atoms with Crippen molar-refractivity contribution in [2.75, 3.05) is 13.2 Å². The second-order valence-corrected chi connectivity index (χ2v) is 19.6. The molecule has 0 radical (unpaired) electrons. The molecule has 1 amide bonds. The summed E-state index contributed by atoms with van der Waals surface area (Å²) in [5.41, 5.74) is 0. The highest BCUT2D eigenvalue weighted by Crippen LogP contribution is 2.17. The van der Waals surface area contributed by atoms with Gasteiger partial charge in [0.15, 0.2) is 0 Å². The van der Waals surface area contributed by atoms with Crippen molar-refractivity contribution in [3.05, 3.63) is 12.2 Å². The zero-order valence-electron chi connectivity index (χ0n) is 42.6. The molecule has 0 heterocycles. The second-order valence-electron chi connectivity index (χ2n) is 19.6. The molecule has 6 nitrogen and oxygen atoms in total. The van der Waals surface area contributed by atoms with Crippen molar-refractivity contribution in [1.29, 1.82) is 0 Å². The first kappa shape index (κ1) is 61.6. The van der Waals surface area contributed by atoms with Crippen LogP contribution in [0.15, 0.2) is 12.2 Å². The zero-order chi connectivity index (χ0) is 45.8. The fourth-order valence-electron chi connectivity index (χ4n) is 8.93. The maximum absolute atomic E-state index is 12.4. The van der Waals surface area contributed by atoms with E-state index in [4.69, 9.17) is 4.74 Å². The average molecular weight is 891 g/mol. The van der Waals surface area contributed by atoms with Crippen molar-refractivity contribution in [1.82, 2.24) is 5.32 Å². The maximum Gasteiger partial charge on any atom is 0.305 e. The van der Waals surface area contributed by atoms with E-state index in [0.717, 1.165) is 38.5 Å². The van der Waals surface area contributed by atoms with Crippen molar-refractivity contribution < 1.29 is 24.5 Å². The molecule has 0 bridgehead atoms. The third kappa shape index (κ3) is 49.9. The minimum Gasteiger partial charge on any atom is -0.466 e. The Hall–Kier alpha value is -1.40. The number of aliphatic hydroxyl groups excluding tert-OH is 2. The number of amides is 1. The Labute approximate surface area is 393 Å². The molecule has 0 aromatic rings. The number of esters is 1. The molecule has 0 rings (SSSR count). The lowest BCUT2D eigenvalue weighted by Gasteiger charge is -2.22. The van der Waals surface area contributed by atoms with E-state index in [1.54, 1.807) is 0 Å². The number of nitrogens with one attached hydrogen (secondary N) is 1.